The maximum atomic E-state index is 15.4. The van der Waals surface area contributed by atoms with Crippen LogP contribution < -0.4 is 19.8 Å². The number of hydrogen-bond donors (Lipinski definition) is 1. The van der Waals surface area contributed by atoms with E-state index in [2.05, 4.69) is 0 Å². The minimum Gasteiger partial charge on any atom is -0.491 e. The largest absolute Gasteiger partial charge is 0.491 e. The normalized spacial score (nSPS) is 16.6. The molecule has 1 atom stereocenters. The van der Waals surface area contributed by atoms with E-state index in [0.717, 1.165) is 25.1 Å². The van der Waals surface area contributed by atoms with Crippen molar-refractivity contribution in [3.05, 3.63) is 88.2 Å². The van der Waals surface area contributed by atoms with Gasteiger partial charge in [-0.1, -0.05) is 6.07 Å². The molecule has 0 unspecified atom stereocenters. The van der Waals surface area contributed by atoms with Gasteiger partial charge < -0.3 is 24.0 Å². The van der Waals surface area contributed by atoms with Crippen LogP contribution in [0.4, 0.5) is 14.5 Å². The van der Waals surface area contributed by atoms with Gasteiger partial charge in [-0.15, -0.1) is 0 Å². The molecule has 7 nitrogen and oxygen atoms in total. The van der Waals surface area contributed by atoms with Gasteiger partial charge in [-0.3, -0.25) is 4.79 Å². The molecule has 1 saturated heterocycles. The van der Waals surface area contributed by atoms with Gasteiger partial charge >= 0.3 is 5.97 Å². The van der Waals surface area contributed by atoms with Crippen molar-refractivity contribution in [2.45, 2.75) is 18.9 Å². The number of anilines is 1. The Morgan fingerprint density at radius 3 is 2.56 bits per heavy atom. The number of fused-ring (bicyclic) bond motifs is 3. The first-order chi connectivity index (χ1) is 17.4. The predicted octanol–water partition coefficient (Wildman–Crippen LogP) is 5.12. The highest BCUT2D eigenvalue weighted by Crippen LogP contribution is 2.34. The molecule has 1 aromatic heterocycles. The van der Waals surface area contributed by atoms with Crippen molar-refractivity contribution in [2.24, 2.45) is 0 Å². The van der Waals surface area contributed by atoms with Gasteiger partial charge in [0.2, 0.25) is 5.43 Å². The molecular formula is C27H20F2N2O5. The summed E-state index contributed by atoms with van der Waals surface area (Å²) in [6.45, 7) is 0.869. The zero-order chi connectivity index (χ0) is 25.0. The van der Waals surface area contributed by atoms with Crippen molar-refractivity contribution in [1.29, 1.82) is 0 Å². The number of hydrogen-bond acceptors (Lipinski definition) is 5. The van der Waals surface area contributed by atoms with Crippen LogP contribution in [0.1, 0.15) is 23.2 Å². The van der Waals surface area contributed by atoms with E-state index in [4.69, 9.17) is 9.47 Å². The fourth-order valence-electron chi connectivity index (χ4n) is 4.93. The van der Waals surface area contributed by atoms with Gasteiger partial charge in [-0.2, -0.15) is 0 Å². The van der Waals surface area contributed by atoms with E-state index in [0.29, 0.717) is 24.7 Å². The van der Waals surface area contributed by atoms with Crippen molar-refractivity contribution in [3.8, 4) is 22.9 Å². The van der Waals surface area contributed by atoms with Crippen molar-refractivity contribution in [1.82, 2.24) is 4.57 Å². The molecule has 3 aliphatic rings. The van der Waals surface area contributed by atoms with Crippen LogP contribution in [0.2, 0.25) is 0 Å². The van der Waals surface area contributed by atoms with Crippen LogP contribution in [0.5, 0.6) is 17.2 Å². The average Bonchev–Trinajstić information content (AvgIpc) is 3.31. The second-order valence-corrected chi connectivity index (χ2v) is 8.86. The molecule has 1 fully saturated rings. The summed E-state index contributed by atoms with van der Waals surface area (Å²) in [5.41, 5.74) is -1.000. The van der Waals surface area contributed by atoms with E-state index in [1.165, 1.54) is 28.8 Å². The Hall–Kier alpha value is -4.40. The molecule has 0 spiro atoms. The Bertz CT molecular complexity index is 1600. The van der Waals surface area contributed by atoms with Crippen LogP contribution in [-0.2, 0) is 0 Å². The molecule has 3 aliphatic heterocycles. The summed E-state index contributed by atoms with van der Waals surface area (Å²) in [4.78, 5) is 26.6. The maximum Gasteiger partial charge on any atom is 0.341 e. The summed E-state index contributed by atoms with van der Waals surface area (Å²) < 4.78 is 43.9. The van der Waals surface area contributed by atoms with Crippen molar-refractivity contribution >= 4 is 22.6 Å². The highest BCUT2D eigenvalue weighted by molar-refractivity contribution is 5.94. The van der Waals surface area contributed by atoms with Gasteiger partial charge in [-0.25, -0.2) is 13.6 Å². The number of carboxylic acid groups (broad SMARTS) is 1. The van der Waals surface area contributed by atoms with Gasteiger partial charge in [0.25, 0.3) is 0 Å². The molecule has 4 heterocycles. The molecule has 0 radical (unpaired) electrons. The third kappa shape index (κ3) is 3.64. The third-order valence-corrected chi connectivity index (χ3v) is 6.65. The molecule has 3 aromatic carbocycles. The standard InChI is InChI=1S/C27H20F2N2O5/c28-21-10-18-6-7-23(21)31-13-20(27(33)34)26(32)19-11-22(29)25(12-24(19)31)30-8-2-3-15(30)14-35-16-4-1-5-17(9-16)36-18/h1,4-7,9-13,15H,2-3,8,14H2,(H,33,34)/t15-/m1/s1. The minimum absolute atomic E-state index is 0.00504. The zero-order valence-corrected chi connectivity index (χ0v) is 18.9. The summed E-state index contributed by atoms with van der Waals surface area (Å²) in [6.07, 6.45) is 2.66. The SMILES string of the molecule is O=C(O)c1cn2c3cc(c(F)cc3c1=O)N1CCC[C@@H]1COc1cccc(c1)Oc1ccc-2c(F)c1. The van der Waals surface area contributed by atoms with Crippen molar-refractivity contribution < 1.29 is 28.2 Å². The first kappa shape index (κ1) is 22.1. The lowest BCUT2D eigenvalue weighted by molar-refractivity contribution is 0.0695. The van der Waals surface area contributed by atoms with Gasteiger partial charge in [-0.05, 0) is 49.2 Å². The number of pyridine rings is 1. The zero-order valence-electron chi connectivity index (χ0n) is 18.9. The molecule has 9 heteroatoms. The Morgan fingerprint density at radius 1 is 0.972 bits per heavy atom. The van der Waals surface area contributed by atoms with Crippen LogP contribution in [-0.4, -0.2) is 34.8 Å². The monoisotopic (exact) mass is 490 g/mol. The third-order valence-electron chi connectivity index (χ3n) is 6.65. The van der Waals surface area contributed by atoms with Gasteiger partial charge in [0.05, 0.1) is 22.9 Å². The molecule has 36 heavy (non-hydrogen) atoms. The number of carboxylic acids is 1. The molecule has 1 N–H and O–H groups in total. The first-order valence-electron chi connectivity index (χ1n) is 11.5. The van der Waals surface area contributed by atoms with Crippen LogP contribution in [0.25, 0.3) is 16.6 Å². The van der Waals surface area contributed by atoms with E-state index in [9.17, 15) is 14.7 Å². The first-order valence-corrected chi connectivity index (χ1v) is 11.5. The minimum atomic E-state index is -1.49. The summed E-state index contributed by atoms with van der Waals surface area (Å²) in [5, 5.41) is 9.45. The van der Waals surface area contributed by atoms with Crippen LogP contribution in [0.3, 0.4) is 0 Å². The Balaban J connectivity index is 1.65. The molecule has 182 valence electrons. The Labute approximate surface area is 203 Å². The fraction of sp³-hybridized carbons (Fsp3) is 0.185. The van der Waals surface area contributed by atoms with E-state index in [1.54, 1.807) is 24.3 Å². The van der Waals surface area contributed by atoms with Gasteiger partial charge in [0.15, 0.2) is 5.82 Å². The summed E-state index contributed by atoms with van der Waals surface area (Å²) >= 11 is 0. The quantitative estimate of drug-likeness (QED) is 0.399. The topological polar surface area (TPSA) is 81.0 Å². The molecule has 0 saturated carbocycles. The fourth-order valence-corrected chi connectivity index (χ4v) is 4.93. The van der Waals surface area contributed by atoms with E-state index >= 15 is 8.78 Å². The highest BCUT2D eigenvalue weighted by Gasteiger charge is 2.29. The van der Waals surface area contributed by atoms with Gasteiger partial charge in [0.1, 0.15) is 35.2 Å². The van der Waals surface area contributed by atoms with E-state index < -0.39 is 28.6 Å². The van der Waals surface area contributed by atoms with Crippen molar-refractivity contribution in [3.63, 3.8) is 0 Å². The van der Waals surface area contributed by atoms with E-state index in [-0.39, 0.29) is 34.1 Å². The number of halogens is 2. The highest BCUT2D eigenvalue weighted by atomic mass is 19.1. The number of rotatable bonds is 1. The lowest BCUT2D eigenvalue weighted by atomic mass is 10.1. The summed E-state index contributed by atoms with van der Waals surface area (Å²) in [7, 11) is 0. The molecule has 0 amide bonds. The Morgan fingerprint density at radius 2 is 1.75 bits per heavy atom. The molecular weight excluding hydrogens is 470 g/mol. The number of benzene rings is 3. The lowest BCUT2D eigenvalue weighted by Gasteiger charge is -2.28. The van der Waals surface area contributed by atoms with Crippen molar-refractivity contribution in [2.75, 3.05) is 18.1 Å². The number of aromatic carboxylic acids is 1. The lowest BCUT2D eigenvalue weighted by Crippen LogP contribution is -2.35. The molecule has 7 rings (SSSR count). The van der Waals surface area contributed by atoms with E-state index in [1.807, 2.05) is 4.90 Å². The molecule has 0 aliphatic carbocycles. The predicted molar refractivity (Wildman–Crippen MR) is 129 cm³/mol. The second-order valence-electron chi connectivity index (χ2n) is 8.86. The number of carbonyl (C=O) groups is 1. The number of nitrogens with zero attached hydrogens (tertiary/aromatic N) is 2. The molecule has 4 aromatic rings. The summed E-state index contributed by atoms with van der Waals surface area (Å²) in [5.74, 6) is -1.62. The summed E-state index contributed by atoms with van der Waals surface area (Å²) in [6, 6.07) is 13.5. The second kappa shape index (κ2) is 8.37. The number of ether oxygens (including phenoxy) is 2. The smallest absolute Gasteiger partial charge is 0.341 e. The van der Waals surface area contributed by atoms with Gasteiger partial charge in [0, 0.05) is 30.3 Å². The Kier molecular flexibility index (Phi) is 5.13. The average molecular weight is 490 g/mol. The number of aromatic nitrogens is 1. The van der Waals surface area contributed by atoms with Crippen LogP contribution in [0, 0.1) is 11.6 Å². The molecule has 6 bridgehead atoms. The maximum absolute atomic E-state index is 15.4. The van der Waals surface area contributed by atoms with Crippen LogP contribution in [0.15, 0.2) is 65.6 Å². The van der Waals surface area contributed by atoms with Crippen LogP contribution >= 0.6 is 0 Å².